The molecule has 6 heteroatoms. The van der Waals surface area contributed by atoms with E-state index in [1.807, 2.05) is 32.0 Å². The molecule has 2 aromatic rings. The van der Waals surface area contributed by atoms with Crippen molar-refractivity contribution in [2.75, 3.05) is 10.8 Å². The fourth-order valence-corrected chi connectivity index (χ4v) is 3.85. The maximum absolute atomic E-state index is 12.9. The number of hydrogen-bond acceptors (Lipinski definition) is 3. The van der Waals surface area contributed by atoms with E-state index in [4.69, 9.17) is 16.9 Å². The van der Waals surface area contributed by atoms with Gasteiger partial charge in [0.2, 0.25) is 0 Å². The topological polar surface area (TPSA) is 61.2 Å². The van der Waals surface area contributed by atoms with E-state index < -0.39 is 10.0 Å². The number of aryl methyl sites for hydroxylation is 2. The minimum Gasteiger partial charge on any atom is -0.265 e. The van der Waals surface area contributed by atoms with Crippen molar-refractivity contribution in [1.82, 2.24) is 0 Å². The molecule has 2 aromatic carbocycles. The third-order valence-electron chi connectivity index (χ3n) is 3.48. The summed E-state index contributed by atoms with van der Waals surface area (Å²) in [5.41, 5.74) is 2.37. The van der Waals surface area contributed by atoms with Gasteiger partial charge in [-0.1, -0.05) is 35.4 Å². The molecule has 0 fully saturated rings. The van der Waals surface area contributed by atoms with Crippen molar-refractivity contribution in [1.29, 1.82) is 5.26 Å². The van der Waals surface area contributed by atoms with E-state index in [2.05, 4.69) is 0 Å². The Hall–Kier alpha value is -2.03. The van der Waals surface area contributed by atoms with Crippen LogP contribution in [0.15, 0.2) is 47.4 Å². The van der Waals surface area contributed by atoms with Gasteiger partial charge in [-0.15, -0.1) is 0 Å². The fourth-order valence-electron chi connectivity index (χ4n) is 2.11. The van der Waals surface area contributed by atoms with E-state index in [1.165, 1.54) is 16.4 Å². The number of rotatable bonds is 5. The molecule has 4 nitrogen and oxygen atoms in total. The van der Waals surface area contributed by atoms with Crippen LogP contribution in [-0.4, -0.2) is 15.0 Å². The Balaban J connectivity index is 2.50. The van der Waals surface area contributed by atoms with Crippen molar-refractivity contribution in [3.63, 3.8) is 0 Å². The molecular weight excluding hydrogens is 332 g/mol. The van der Waals surface area contributed by atoms with E-state index in [9.17, 15) is 8.42 Å². The van der Waals surface area contributed by atoms with Crippen LogP contribution in [0.25, 0.3) is 0 Å². The second-order valence-corrected chi connectivity index (χ2v) is 7.50. The average molecular weight is 349 g/mol. The first-order valence-corrected chi connectivity index (χ1v) is 8.90. The molecule has 0 atom stereocenters. The first-order valence-electron chi connectivity index (χ1n) is 7.09. The molecule has 0 aliphatic carbocycles. The van der Waals surface area contributed by atoms with Crippen molar-refractivity contribution < 1.29 is 8.42 Å². The SMILES string of the molecule is Cc1ccc(N(CCC#N)S(=O)(=O)c2ccc(C)c(Cl)c2)cc1. The molecule has 120 valence electrons. The minimum atomic E-state index is -3.78. The summed E-state index contributed by atoms with van der Waals surface area (Å²) < 4.78 is 27.1. The molecule has 0 bridgehead atoms. The second kappa shape index (κ2) is 7.03. The lowest BCUT2D eigenvalue weighted by atomic mass is 10.2. The van der Waals surface area contributed by atoms with Gasteiger partial charge in [-0.3, -0.25) is 4.31 Å². The largest absolute Gasteiger partial charge is 0.265 e. The molecule has 0 aliphatic heterocycles. The Bertz CT molecular complexity index is 840. The van der Waals surface area contributed by atoms with Gasteiger partial charge >= 0.3 is 0 Å². The highest BCUT2D eigenvalue weighted by molar-refractivity contribution is 7.92. The summed E-state index contributed by atoms with van der Waals surface area (Å²) in [6.07, 6.45) is 0.104. The third-order valence-corrected chi connectivity index (χ3v) is 5.71. The summed E-state index contributed by atoms with van der Waals surface area (Å²) in [5.74, 6) is 0. The van der Waals surface area contributed by atoms with Gasteiger partial charge in [-0.05, 0) is 43.7 Å². The van der Waals surface area contributed by atoms with E-state index in [-0.39, 0.29) is 17.9 Å². The third kappa shape index (κ3) is 3.84. The lowest BCUT2D eigenvalue weighted by molar-refractivity contribution is 0.591. The molecule has 0 heterocycles. The van der Waals surface area contributed by atoms with E-state index in [0.717, 1.165) is 11.1 Å². The summed E-state index contributed by atoms with van der Waals surface area (Å²) in [7, 11) is -3.78. The predicted molar refractivity (Wildman–Crippen MR) is 92.1 cm³/mol. The highest BCUT2D eigenvalue weighted by Gasteiger charge is 2.25. The fraction of sp³-hybridized carbons (Fsp3) is 0.235. The minimum absolute atomic E-state index is 0.0907. The van der Waals surface area contributed by atoms with Crippen LogP contribution in [0.4, 0.5) is 5.69 Å². The maximum Gasteiger partial charge on any atom is 0.264 e. The van der Waals surface area contributed by atoms with Gasteiger partial charge in [-0.25, -0.2) is 8.42 Å². The zero-order chi connectivity index (χ0) is 17.0. The van der Waals surface area contributed by atoms with Crippen LogP contribution in [0.1, 0.15) is 17.5 Å². The highest BCUT2D eigenvalue weighted by atomic mass is 35.5. The molecule has 23 heavy (non-hydrogen) atoms. The van der Waals surface area contributed by atoms with Crippen LogP contribution >= 0.6 is 11.6 Å². The zero-order valence-corrected chi connectivity index (χ0v) is 14.5. The number of nitriles is 1. The predicted octanol–water partition coefficient (Wildman–Crippen LogP) is 4.07. The van der Waals surface area contributed by atoms with E-state index in [1.54, 1.807) is 18.2 Å². The monoisotopic (exact) mass is 348 g/mol. The molecule has 0 aromatic heterocycles. The number of hydrogen-bond donors (Lipinski definition) is 0. The number of sulfonamides is 1. The molecule has 0 radical (unpaired) electrons. The molecule has 0 N–H and O–H groups in total. The molecule has 0 saturated heterocycles. The zero-order valence-electron chi connectivity index (χ0n) is 13.0. The van der Waals surface area contributed by atoms with Crippen LogP contribution in [0.5, 0.6) is 0 Å². The van der Waals surface area contributed by atoms with Gasteiger partial charge in [0.15, 0.2) is 0 Å². The van der Waals surface area contributed by atoms with Gasteiger partial charge in [0.25, 0.3) is 10.0 Å². The van der Waals surface area contributed by atoms with Crippen LogP contribution in [0.3, 0.4) is 0 Å². The smallest absolute Gasteiger partial charge is 0.264 e. The van der Waals surface area contributed by atoms with Crippen LogP contribution in [0.2, 0.25) is 5.02 Å². The van der Waals surface area contributed by atoms with E-state index in [0.29, 0.717) is 10.7 Å². The Morgan fingerprint density at radius 2 is 1.78 bits per heavy atom. The van der Waals surface area contributed by atoms with Gasteiger partial charge in [-0.2, -0.15) is 5.26 Å². The van der Waals surface area contributed by atoms with Crippen molar-refractivity contribution in [2.24, 2.45) is 0 Å². The van der Waals surface area contributed by atoms with Crippen LogP contribution < -0.4 is 4.31 Å². The molecule has 2 rings (SSSR count). The Kier molecular flexibility index (Phi) is 5.30. The number of benzene rings is 2. The normalized spacial score (nSPS) is 11.0. The van der Waals surface area contributed by atoms with Crippen molar-refractivity contribution in [3.05, 3.63) is 58.6 Å². The van der Waals surface area contributed by atoms with Gasteiger partial charge in [0.1, 0.15) is 0 Å². The molecular formula is C17H17ClN2O2S. The first-order chi connectivity index (χ1) is 10.9. The van der Waals surface area contributed by atoms with Crippen molar-refractivity contribution in [3.8, 4) is 6.07 Å². The molecule has 0 aliphatic rings. The van der Waals surface area contributed by atoms with E-state index >= 15 is 0 Å². The van der Waals surface area contributed by atoms with Gasteiger partial charge < -0.3 is 0 Å². The first kappa shape index (κ1) is 17.3. The summed E-state index contributed by atoms with van der Waals surface area (Å²) in [6.45, 7) is 3.83. The Labute approximate surface area is 142 Å². The summed E-state index contributed by atoms with van der Waals surface area (Å²) in [4.78, 5) is 0.117. The lowest BCUT2D eigenvalue weighted by Gasteiger charge is -2.24. The van der Waals surface area contributed by atoms with Crippen molar-refractivity contribution >= 4 is 27.3 Å². The second-order valence-electron chi connectivity index (χ2n) is 5.23. The molecule has 0 spiro atoms. The standard InChI is InChI=1S/C17H17ClN2O2S/c1-13-4-7-15(8-5-13)20(11-3-10-19)23(21,22)16-9-6-14(2)17(18)12-16/h4-9,12H,3,11H2,1-2H3. The quantitative estimate of drug-likeness (QED) is 0.818. The Morgan fingerprint density at radius 1 is 1.13 bits per heavy atom. The molecule has 0 saturated carbocycles. The van der Waals surface area contributed by atoms with Gasteiger partial charge in [0.05, 0.1) is 23.1 Å². The number of halogens is 1. The maximum atomic E-state index is 12.9. The molecule has 0 unspecified atom stereocenters. The number of nitrogens with zero attached hydrogens (tertiary/aromatic N) is 2. The summed E-state index contributed by atoms with van der Waals surface area (Å²) >= 11 is 6.06. The highest BCUT2D eigenvalue weighted by Crippen LogP contribution is 2.27. The van der Waals surface area contributed by atoms with Gasteiger partial charge in [0, 0.05) is 11.6 Å². The Morgan fingerprint density at radius 3 is 2.35 bits per heavy atom. The number of anilines is 1. The molecule has 0 amide bonds. The average Bonchev–Trinajstić information content (AvgIpc) is 2.52. The summed E-state index contributed by atoms with van der Waals surface area (Å²) in [5, 5.41) is 9.23. The lowest BCUT2D eigenvalue weighted by Crippen LogP contribution is -2.32. The van der Waals surface area contributed by atoms with Crippen LogP contribution in [-0.2, 0) is 10.0 Å². The van der Waals surface area contributed by atoms with Crippen molar-refractivity contribution in [2.45, 2.75) is 25.2 Å². The summed E-state index contributed by atoms with van der Waals surface area (Å²) in [6, 6.07) is 13.8. The van der Waals surface area contributed by atoms with Crippen LogP contribution in [0, 0.1) is 25.2 Å².